The van der Waals surface area contributed by atoms with Crippen LogP contribution in [0.3, 0.4) is 0 Å². The molecule has 0 atom stereocenters. The summed E-state index contributed by atoms with van der Waals surface area (Å²) in [7, 11) is 0. The van der Waals surface area contributed by atoms with Crippen molar-refractivity contribution in [2.24, 2.45) is 0 Å². The molecule has 5 nitrogen and oxygen atoms in total. The van der Waals surface area contributed by atoms with Gasteiger partial charge in [0.25, 0.3) is 5.91 Å². The van der Waals surface area contributed by atoms with Crippen molar-refractivity contribution in [2.75, 3.05) is 6.54 Å². The summed E-state index contributed by atoms with van der Waals surface area (Å²) in [6, 6.07) is 5.89. The average molecular weight is 304 g/mol. The maximum absolute atomic E-state index is 11.9. The number of hydrogen-bond acceptors (Lipinski definition) is 4. The summed E-state index contributed by atoms with van der Waals surface area (Å²) >= 11 is 1.63. The molecule has 2 aromatic rings. The molecule has 0 aliphatic carbocycles. The first-order chi connectivity index (χ1) is 10.1. The fraction of sp³-hybridized carbons (Fsp3) is 0.267. The van der Waals surface area contributed by atoms with Crippen molar-refractivity contribution < 1.29 is 14.7 Å². The van der Waals surface area contributed by atoms with Crippen LogP contribution < -0.4 is 5.32 Å². The number of nitrogens with one attached hydrogen (secondary N) is 1. The zero-order valence-corrected chi connectivity index (χ0v) is 12.4. The largest absolute Gasteiger partial charge is 0.478 e. The minimum Gasteiger partial charge on any atom is -0.478 e. The summed E-state index contributed by atoms with van der Waals surface area (Å²) in [4.78, 5) is 27.0. The zero-order chi connectivity index (χ0) is 15.2. The second-order valence-electron chi connectivity index (χ2n) is 4.62. The van der Waals surface area contributed by atoms with Crippen molar-refractivity contribution in [3.8, 4) is 0 Å². The predicted octanol–water partition coefficient (Wildman–Crippen LogP) is 2.51. The lowest BCUT2D eigenvalue weighted by molar-refractivity contribution is 0.0696. The van der Waals surface area contributed by atoms with Gasteiger partial charge in [0.15, 0.2) is 0 Å². The summed E-state index contributed by atoms with van der Waals surface area (Å²) in [5.41, 5.74) is 1.66. The van der Waals surface area contributed by atoms with Crippen LogP contribution in [-0.2, 0) is 6.42 Å². The molecule has 110 valence electrons. The van der Waals surface area contributed by atoms with Crippen LogP contribution in [0.5, 0.6) is 0 Å². The van der Waals surface area contributed by atoms with Gasteiger partial charge in [-0.2, -0.15) is 0 Å². The third-order valence-corrected chi connectivity index (χ3v) is 3.94. The van der Waals surface area contributed by atoms with Gasteiger partial charge in [0, 0.05) is 29.6 Å². The average Bonchev–Trinajstić information content (AvgIpc) is 2.89. The van der Waals surface area contributed by atoms with Crippen LogP contribution in [-0.4, -0.2) is 28.5 Å². The quantitative estimate of drug-likeness (QED) is 0.804. The molecule has 0 saturated heterocycles. The van der Waals surface area contributed by atoms with Gasteiger partial charge < -0.3 is 10.4 Å². The monoisotopic (exact) mass is 304 g/mol. The van der Waals surface area contributed by atoms with E-state index in [-0.39, 0.29) is 11.5 Å². The molecule has 1 amide bonds. The minimum atomic E-state index is -0.999. The standard InChI is InChI=1S/C15H16N2O3S/c1-10-9-21-13(17-10)3-2-8-16-14(18)11-4-6-12(7-5-11)15(19)20/h4-7,9H,2-3,8H2,1H3,(H,16,18)(H,19,20). The van der Waals surface area contributed by atoms with Crippen molar-refractivity contribution in [1.29, 1.82) is 0 Å². The van der Waals surface area contributed by atoms with Crippen LogP contribution in [0.15, 0.2) is 29.6 Å². The molecule has 1 heterocycles. The van der Waals surface area contributed by atoms with E-state index in [0.29, 0.717) is 12.1 Å². The number of carboxylic acids is 1. The second kappa shape index (κ2) is 6.99. The number of nitrogens with zero attached hydrogens (tertiary/aromatic N) is 1. The fourth-order valence-electron chi connectivity index (χ4n) is 1.83. The lowest BCUT2D eigenvalue weighted by atomic mass is 10.1. The molecule has 2 N–H and O–H groups in total. The summed E-state index contributed by atoms with van der Waals surface area (Å²) in [5, 5.41) is 14.7. The zero-order valence-electron chi connectivity index (χ0n) is 11.6. The number of aryl methyl sites for hydroxylation is 2. The Morgan fingerprint density at radius 3 is 2.48 bits per heavy atom. The molecule has 1 aromatic carbocycles. The number of carboxylic acid groups (broad SMARTS) is 1. The van der Waals surface area contributed by atoms with Gasteiger partial charge in [0.1, 0.15) is 0 Å². The van der Waals surface area contributed by atoms with Gasteiger partial charge in [-0.25, -0.2) is 9.78 Å². The highest BCUT2D eigenvalue weighted by Crippen LogP contribution is 2.10. The molecule has 0 unspecified atom stereocenters. The second-order valence-corrected chi connectivity index (χ2v) is 5.57. The number of hydrogen-bond donors (Lipinski definition) is 2. The first-order valence-corrected chi connectivity index (χ1v) is 7.47. The van der Waals surface area contributed by atoms with E-state index in [1.807, 2.05) is 12.3 Å². The first kappa shape index (κ1) is 15.2. The molecule has 0 fully saturated rings. The van der Waals surface area contributed by atoms with E-state index < -0.39 is 5.97 Å². The van der Waals surface area contributed by atoms with Gasteiger partial charge in [-0.15, -0.1) is 11.3 Å². The molecule has 0 aliphatic rings. The maximum atomic E-state index is 11.9. The van der Waals surface area contributed by atoms with E-state index in [2.05, 4.69) is 10.3 Å². The first-order valence-electron chi connectivity index (χ1n) is 6.59. The van der Waals surface area contributed by atoms with E-state index in [1.54, 1.807) is 11.3 Å². The van der Waals surface area contributed by atoms with Gasteiger partial charge in [0.2, 0.25) is 0 Å². The Kier molecular flexibility index (Phi) is 5.05. The summed E-state index contributed by atoms with van der Waals surface area (Å²) in [5.74, 6) is -1.19. The Bertz CT molecular complexity index is 635. The Morgan fingerprint density at radius 1 is 1.24 bits per heavy atom. The molecular weight excluding hydrogens is 288 g/mol. The molecule has 21 heavy (non-hydrogen) atoms. The number of aromatic carboxylic acids is 1. The van der Waals surface area contributed by atoms with Crippen molar-refractivity contribution in [2.45, 2.75) is 19.8 Å². The van der Waals surface area contributed by atoms with Crippen LogP contribution in [0.1, 0.15) is 37.8 Å². The van der Waals surface area contributed by atoms with Crippen molar-refractivity contribution in [3.63, 3.8) is 0 Å². The number of benzene rings is 1. The van der Waals surface area contributed by atoms with E-state index in [0.717, 1.165) is 23.5 Å². The number of carbonyl (C=O) groups excluding carboxylic acids is 1. The van der Waals surface area contributed by atoms with Gasteiger partial charge >= 0.3 is 5.97 Å². The summed E-state index contributed by atoms with van der Waals surface area (Å²) in [6.45, 7) is 2.53. The highest BCUT2D eigenvalue weighted by atomic mass is 32.1. The SMILES string of the molecule is Cc1csc(CCCNC(=O)c2ccc(C(=O)O)cc2)n1. The maximum Gasteiger partial charge on any atom is 0.335 e. The van der Waals surface area contributed by atoms with Crippen LogP contribution in [0, 0.1) is 6.92 Å². The van der Waals surface area contributed by atoms with Crippen LogP contribution in [0.4, 0.5) is 0 Å². The van der Waals surface area contributed by atoms with Crippen LogP contribution >= 0.6 is 11.3 Å². The van der Waals surface area contributed by atoms with Crippen LogP contribution in [0.2, 0.25) is 0 Å². The highest BCUT2D eigenvalue weighted by Gasteiger charge is 2.07. The van der Waals surface area contributed by atoms with Crippen LogP contribution in [0.25, 0.3) is 0 Å². The van der Waals surface area contributed by atoms with E-state index >= 15 is 0 Å². The minimum absolute atomic E-state index is 0.172. The number of thiazole rings is 1. The van der Waals surface area contributed by atoms with E-state index in [9.17, 15) is 9.59 Å². The lowest BCUT2D eigenvalue weighted by Crippen LogP contribution is -2.24. The number of aromatic nitrogens is 1. The number of rotatable bonds is 6. The highest BCUT2D eigenvalue weighted by molar-refractivity contribution is 7.09. The number of carbonyl (C=O) groups is 2. The molecule has 0 aliphatic heterocycles. The molecular formula is C15H16N2O3S. The van der Waals surface area contributed by atoms with E-state index in [4.69, 9.17) is 5.11 Å². The summed E-state index contributed by atoms with van der Waals surface area (Å²) < 4.78 is 0. The Hall–Kier alpha value is -2.21. The van der Waals surface area contributed by atoms with Gasteiger partial charge in [-0.05, 0) is 37.6 Å². The normalized spacial score (nSPS) is 10.3. The topological polar surface area (TPSA) is 79.3 Å². The fourth-order valence-corrected chi connectivity index (χ4v) is 2.64. The third kappa shape index (κ3) is 4.39. The predicted molar refractivity (Wildman–Crippen MR) is 80.9 cm³/mol. The van der Waals surface area contributed by atoms with Gasteiger partial charge in [-0.3, -0.25) is 4.79 Å². The van der Waals surface area contributed by atoms with Crippen molar-refractivity contribution >= 4 is 23.2 Å². The molecule has 0 spiro atoms. The lowest BCUT2D eigenvalue weighted by Gasteiger charge is -2.04. The molecule has 2 rings (SSSR count). The Labute approximate surface area is 126 Å². The molecule has 6 heteroatoms. The third-order valence-electron chi connectivity index (χ3n) is 2.91. The Morgan fingerprint density at radius 2 is 1.90 bits per heavy atom. The number of amides is 1. The molecule has 0 radical (unpaired) electrons. The van der Waals surface area contributed by atoms with Crippen molar-refractivity contribution in [3.05, 3.63) is 51.5 Å². The Balaban J connectivity index is 1.77. The molecule has 1 aromatic heterocycles. The molecule has 0 saturated carbocycles. The van der Waals surface area contributed by atoms with Gasteiger partial charge in [0.05, 0.1) is 10.6 Å². The summed E-state index contributed by atoms with van der Waals surface area (Å²) in [6.07, 6.45) is 1.67. The van der Waals surface area contributed by atoms with E-state index in [1.165, 1.54) is 24.3 Å². The van der Waals surface area contributed by atoms with Crippen molar-refractivity contribution in [1.82, 2.24) is 10.3 Å². The van der Waals surface area contributed by atoms with Gasteiger partial charge in [-0.1, -0.05) is 0 Å². The smallest absolute Gasteiger partial charge is 0.335 e. The molecule has 0 bridgehead atoms.